The van der Waals surface area contributed by atoms with Crippen LogP contribution in [-0.4, -0.2) is 49.2 Å². The number of furan rings is 1. The van der Waals surface area contributed by atoms with Gasteiger partial charge < -0.3 is 14.5 Å². The quantitative estimate of drug-likeness (QED) is 0.356. The predicted octanol–water partition coefficient (Wildman–Crippen LogP) is 3.72. The van der Waals surface area contributed by atoms with Crippen LogP contribution in [0.25, 0.3) is 11.6 Å². The Morgan fingerprint density at radius 1 is 1.11 bits per heavy atom. The Balaban J connectivity index is 1.78. The Morgan fingerprint density at radius 3 is 2.50 bits per heavy atom. The molecule has 11 heteroatoms. The highest BCUT2D eigenvalue weighted by molar-refractivity contribution is 6.02. The molecule has 1 aromatic carbocycles. The van der Waals surface area contributed by atoms with Crippen LogP contribution in [0.5, 0.6) is 5.75 Å². The summed E-state index contributed by atoms with van der Waals surface area (Å²) in [6.45, 7) is 9.41. The van der Waals surface area contributed by atoms with Crippen molar-refractivity contribution in [2.24, 2.45) is 0 Å². The van der Waals surface area contributed by atoms with Crippen molar-refractivity contribution in [2.75, 3.05) is 11.5 Å². The van der Waals surface area contributed by atoms with Crippen molar-refractivity contribution in [3.05, 3.63) is 72.2 Å². The van der Waals surface area contributed by atoms with Crippen LogP contribution in [0.15, 0.2) is 65.3 Å². The molecule has 0 aliphatic rings. The number of anilines is 1. The minimum atomic E-state index is -1.03. The first kappa shape index (κ1) is 26.5. The van der Waals surface area contributed by atoms with E-state index in [-0.39, 0.29) is 18.3 Å². The topological polar surface area (TPSA) is 128 Å². The Morgan fingerprint density at radius 2 is 1.84 bits per heavy atom. The van der Waals surface area contributed by atoms with Gasteiger partial charge in [0.15, 0.2) is 5.76 Å². The summed E-state index contributed by atoms with van der Waals surface area (Å²) in [5.74, 6) is 1.06. The van der Waals surface area contributed by atoms with E-state index in [2.05, 4.69) is 25.7 Å². The van der Waals surface area contributed by atoms with Gasteiger partial charge >= 0.3 is 0 Å². The fraction of sp³-hybridized carbons (Fsp3) is 0.333. The average Bonchev–Trinajstić information content (AvgIpc) is 3.51. The Kier molecular flexibility index (Phi) is 7.85. The number of aromatic nitrogens is 5. The van der Waals surface area contributed by atoms with Crippen LogP contribution in [0.4, 0.5) is 5.69 Å². The molecule has 4 rings (SSSR count). The van der Waals surface area contributed by atoms with E-state index >= 15 is 0 Å². The van der Waals surface area contributed by atoms with E-state index in [9.17, 15) is 9.59 Å². The van der Waals surface area contributed by atoms with Gasteiger partial charge in [0.1, 0.15) is 24.1 Å². The lowest BCUT2D eigenvalue weighted by atomic mass is 10.0. The molecule has 3 heterocycles. The summed E-state index contributed by atoms with van der Waals surface area (Å²) in [5.41, 5.74) is 0.479. The van der Waals surface area contributed by atoms with Crippen molar-refractivity contribution in [1.82, 2.24) is 30.5 Å². The zero-order valence-electron chi connectivity index (χ0n) is 22.1. The lowest BCUT2D eigenvalue weighted by Crippen LogP contribution is -2.50. The number of hydrogen-bond acceptors (Lipinski definition) is 8. The zero-order valence-corrected chi connectivity index (χ0v) is 22.1. The number of rotatable bonds is 9. The number of aryl methyl sites for hydroxylation is 1. The van der Waals surface area contributed by atoms with Crippen molar-refractivity contribution in [2.45, 2.75) is 52.7 Å². The van der Waals surface area contributed by atoms with Crippen molar-refractivity contribution < 1.29 is 18.7 Å². The number of nitrogens with zero attached hydrogens (tertiary/aromatic N) is 6. The summed E-state index contributed by atoms with van der Waals surface area (Å²) < 4.78 is 11.4. The van der Waals surface area contributed by atoms with Gasteiger partial charge in [-0.2, -0.15) is 4.80 Å². The van der Waals surface area contributed by atoms with E-state index in [1.54, 1.807) is 54.9 Å². The molecule has 0 fully saturated rings. The normalized spacial score (nSPS) is 12.1. The molecule has 0 spiro atoms. The zero-order chi connectivity index (χ0) is 27.3. The fourth-order valence-corrected chi connectivity index (χ4v) is 3.91. The van der Waals surface area contributed by atoms with Gasteiger partial charge in [0.05, 0.1) is 12.3 Å². The molecule has 11 nitrogen and oxygen atoms in total. The summed E-state index contributed by atoms with van der Waals surface area (Å²) in [4.78, 5) is 34.5. The number of benzene rings is 1. The number of nitrogens with one attached hydrogen (secondary N) is 1. The van der Waals surface area contributed by atoms with Gasteiger partial charge in [-0.25, -0.2) is 0 Å². The second kappa shape index (κ2) is 11.2. The number of tetrazole rings is 1. The van der Waals surface area contributed by atoms with Crippen molar-refractivity contribution in [3.8, 4) is 17.3 Å². The highest BCUT2D eigenvalue weighted by atomic mass is 16.5. The molecular weight excluding hydrogens is 486 g/mol. The third kappa shape index (κ3) is 6.23. The molecule has 38 heavy (non-hydrogen) atoms. The van der Waals surface area contributed by atoms with Crippen LogP contribution in [0.2, 0.25) is 0 Å². The van der Waals surface area contributed by atoms with E-state index in [4.69, 9.17) is 9.15 Å². The molecule has 1 atom stereocenters. The molecule has 1 N–H and O–H groups in total. The largest absolute Gasteiger partial charge is 0.492 e. The summed E-state index contributed by atoms with van der Waals surface area (Å²) in [6, 6.07) is 13.0. The van der Waals surface area contributed by atoms with Gasteiger partial charge in [0.2, 0.25) is 11.7 Å². The first-order chi connectivity index (χ1) is 18.2. The first-order valence-corrected chi connectivity index (χ1v) is 12.3. The second-order valence-electron chi connectivity index (χ2n) is 9.64. The van der Waals surface area contributed by atoms with Crippen molar-refractivity contribution in [3.63, 3.8) is 0 Å². The fourth-order valence-electron chi connectivity index (χ4n) is 3.91. The number of para-hydroxylation sites is 2. The maximum absolute atomic E-state index is 14.0. The SMILES string of the molecule is CCOc1ccccc1N(C(=O)Cn1nnc(-c2ccc(C)o2)n1)[C@@H](C(=O)NC(C)(C)C)c1ccncc1. The highest BCUT2D eigenvalue weighted by Gasteiger charge is 2.36. The molecule has 0 aliphatic heterocycles. The Hall–Kier alpha value is -4.54. The molecule has 3 aromatic heterocycles. The van der Waals surface area contributed by atoms with E-state index in [0.717, 1.165) is 0 Å². The number of ether oxygens (including phenoxy) is 1. The van der Waals surface area contributed by atoms with Crippen LogP contribution < -0.4 is 15.0 Å². The lowest BCUT2D eigenvalue weighted by Gasteiger charge is -2.34. The summed E-state index contributed by atoms with van der Waals surface area (Å²) in [5, 5.41) is 15.4. The van der Waals surface area contributed by atoms with E-state index < -0.39 is 17.5 Å². The molecule has 0 radical (unpaired) electrons. The van der Waals surface area contributed by atoms with Gasteiger partial charge in [-0.1, -0.05) is 12.1 Å². The lowest BCUT2D eigenvalue weighted by molar-refractivity contribution is -0.128. The van der Waals surface area contributed by atoms with E-state index in [0.29, 0.717) is 35.1 Å². The molecule has 4 aromatic rings. The highest BCUT2D eigenvalue weighted by Crippen LogP contribution is 2.35. The number of pyridine rings is 1. The van der Waals surface area contributed by atoms with Crippen LogP contribution >= 0.6 is 0 Å². The Labute approximate surface area is 220 Å². The molecule has 0 aliphatic carbocycles. The van der Waals surface area contributed by atoms with E-state index in [1.807, 2.05) is 40.7 Å². The minimum Gasteiger partial charge on any atom is -0.492 e. The minimum absolute atomic E-state index is 0.253. The maximum atomic E-state index is 14.0. The summed E-state index contributed by atoms with van der Waals surface area (Å²) in [7, 11) is 0. The molecule has 0 saturated carbocycles. The third-order valence-electron chi connectivity index (χ3n) is 5.41. The smallest absolute Gasteiger partial charge is 0.251 e. The monoisotopic (exact) mass is 517 g/mol. The van der Waals surface area contributed by atoms with Crippen LogP contribution in [0, 0.1) is 6.92 Å². The second-order valence-corrected chi connectivity index (χ2v) is 9.64. The third-order valence-corrected chi connectivity index (χ3v) is 5.41. The Bertz CT molecular complexity index is 1390. The predicted molar refractivity (Wildman–Crippen MR) is 140 cm³/mol. The molecule has 2 amide bonds. The van der Waals surface area contributed by atoms with Gasteiger partial charge in [-0.15, -0.1) is 10.2 Å². The molecule has 0 bridgehead atoms. The number of carbonyl (C=O) groups is 2. The van der Waals surface area contributed by atoms with Crippen LogP contribution in [-0.2, 0) is 16.1 Å². The summed E-state index contributed by atoms with van der Waals surface area (Å²) >= 11 is 0. The maximum Gasteiger partial charge on any atom is 0.251 e. The summed E-state index contributed by atoms with van der Waals surface area (Å²) in [6.07, 6.45) is 3.17. The van der Waals surface area contributed by atoms with Gasteiger partial charge in [0, 0.05) is 17.9 Å². The van der Waals surface area contributed by atoms with Crippen LogP contribution in [0.1, 0.15) is 45.1 Å². The van der Waals surface area contributed by atoms with Crippen molar-refractivity contribution in [1.29, 1.82) is 0 Å². The van der Waals surface area contributed by atoms with E-state index in [1.165, 1.54) is 9.70 Å². The standard InChI is InChI=1S/C27H31N7O4/c1-6-37-21-10-8-7-9-20(21)34(24(19-13-15-28-16-14-19)26(36)29-27(3,4)5)23(35)17-33-31-25(30-32-33)22-12-11-18(2)38-22/h7-16,24H,6,17H2,1-5H3,(H,29,36)/t24-/m1/s1. The average molecular weight is 518 g/mol. The number of hydrogen-bond donors (Lipinski definition) is 1. The molecule has 198 valence electrons. The molecule has 0 unspecified atom stereocenters. The molecule has 0 saturated heterocycles. The van der Waals surface area contributed by atoms with Gasteiger partial charge in [-0.05, 0) is 81.8 Å². The number of carbonyl (C=O) groups excluding carboxylic acids is 2. The van der Waals surface area contributed by atoms with Gasteiger partial charge in [0.25, 0.3) is 5.91 Å². The van der Waals surface area contributed by atoms with Gasteiger partial charge in [-0.3, -0.25) is 19.5 Å². The van der Waals surface area contributed by atoms with Crippen LogP contribution in [0.3, 0.4) is 0 Å². The van der Waals surface area contributed by atoms with Crippen molar-refractivity contribution >= 4 is 17.5 Å². The number of amides is 2. The first-order valence-electron chi connectivity index (χ1n) is 12.3. The molecular formula is C27H31N7O4.